The maximum Gasteiger partial charge on any atom is 0.317 e. The highest BCUT2D eigenvalue weighted by Crippen LogP contribution is 2.29. The number of nitrogens with zero attached hydrogens (tertiary/aromatic N) is 1. The summed E-state index contributed by atoms with van der Waals surface area (Å²) in [5.41, 5.74) is 2.12. The molecule has 3 nitrogen and oxygen atoms in total. The van der Waals surface area contributed by atoms with Gasteiger partial charge in [-0.05, 0) is 29.7 Å². The van der Waals surface area contributed by atoms with E-state index in [2.05, 4.69) is 0 Å². The number of hydrogen-bond acceptors (Lipinski definition) is 2. The average molecular weight is 260 g/mol. The summed E-state index contributed by atoms with van der Waals surface area (Å²) in [6.45, 7) is 1.38. The Hall–Kier alpha value is -0.770. The summed E-state index contributed by atoms with van der Waals surface area (Å²) in [5.74, 6) is -0.809. The van der Waals surface area contributed by atoms with Crippen molar-refractivity contribution in [3.63, 3.8) is 0 Å². The molecule has 5 heteroatoms. The highest BCUT2D eigenvalue weighted by molar-refractivity contribution is 6.35. The molecule has 2 rings (SSSR count). The smallest absolute Gasteiger partial charge is 0.317 e. The number of halogens is 2. The van der Waals surface area contributed by atoms with Gasteiger partial charge < -0.3 is 5.11 Å². The topological polar surface area (TPSA) is 40.5 Å². The van der Waals surface area contributed by atoms with E-state index in [1.165, 1.54) is 0 Å². The van der Waals surface area contributed by atoms with Gasteiger partial charge in [-0.25, -0.2) is 0 Å². The molecule has 16 heavy (non-hydrogen) atoms. The largest absolute Gasteiger partial charge is 0.480 e. The molecule has 0 fully saturated rings. The van der Waals surface area contributed by atoms with E-state index in [0.717, 1.165) is 24.1 Å². The number of rotatable bonds is 2. The van der Waals surface area contributed by atoms with Crippen LogP contribution in [-0.2, 0) is 17.8 Å². The van der Waals surface area contributed by atoms with Crippen LogP contribution in [0.4, 0.5) is 0 Å². The Balaban J connectivity index is 2.23. The third-order valence-electron chi connectivity index (χ3n) is 2.68. The fourth-order valence-corrected chi connectivity index (χ4v) is 2.62. The van der Waals surface area contributed by atoms with Gasteiger partial charge in [-0.2, -0.15) is 0 Å². The molecule has 0 amide bonds. The zero-order valence-corrected chi connectivity index (χ0v) is 10.1. The summed E-state index contributed by atoms with van der Waals surface area (Å²) in [7, 11) is 0. The lowest BCUT2D eigenvalue weighted by Gasteiger charge is -2.28. The van der Waals surface area contributed by atoms with Gasteiger partial charge in [0.2, 0.25) is 0 Å². The molecule has 0 radical (unpaired) electrons. The highest BCUT2D eigenvalue weighted by Gasteiger charge is 2.20. The first kappa shape index (κ1) is 11.7. The van der Waals surface area contributed by atoms with E-state index in [9.17, 15) is 4.79 Å². The highest BCUT2D eigenvalue weighted by atomic mass is 35.5. The molecule has 0 atom stereocenters. The molecule has 1 aromatic carbocycles. The maximum atomic E-state index is 10.6. The Kier molecular flexibility index (Phi) is 3.38. The standard InChI is InChI=1S/C11H11Cl2NO2/c12-8-3-7-5-14(6-11(15)16)2-1-9(7)10(13)4-8/h3-4H,1-2,5-6H2,(H,15,16). The summed E-state index contributed by atoms with van der Waals surface area (Å²) in [6.07, 6.45) is 0.776. The van der Waals surface area contributed by atoms with E-state index >= 15 is 0 Å². The Morgan fingerprint density at radius 2 is 2.19 bits per heavy atom. The number of carboxylic acid groups (broad SMARTS) is 1. The second-order valence-corrected chi connectivity index (χ2v) is 4.72. The molecular weight excluding hydrogens is 249 g/mol. The van der Waals surface area contributed by atoms with Crippen molar-refractivity contribution in [2.75, 3.05) is 13.1 Å². The van der Waals surface area contributed by atoms with E-state index in [1.807, 2.05) is 11.0 Å². The van der Waals surface area contributed by atoms with Gasteiger partial charge in [0, 0.05) is 23.1 Å². The molecular formula is C11H11Cl2NO2. The van der Waals surface area contributed by atoms with Crippen LogP contribution in [-0.4, -0.2) is 29.1 Å². The van der Waals surface area contributed by atoms with Crippen molar-refractivity contribution in [1.82, 2.24) is 4.90 Å². The van der Waals surface area contributed by atoms with Crippen molar-refractivity contribution >= 4 is 29.2 Å². The third kappa shape index (κ3) is 2.48. The molecule has 0 bridgehead atoms. The molecule has 1 aliphatic rings. The normalized spacial score (nSPS) is 15.9. The van der Waals surface area contributed by atoms with Gasteiger partial charge in [0.1, 0.15) is 0 Å². The van der Waals surface area contributed by atoms with Crippen LogP contribution >= 0.6 is 23.2 Å². The number of fused-ring (bicyclic) bond motifs is 1. The molecule has 1 aliphatic heterocycles. The summed E-state index contributed by atoms with van der Waals surface area (Å²) in [5, 5.41) is 10.0. The van der Waals surface area contributed by atoms with Crippen LogP contribution in [0, 0.1) is 0 Å². The van der Waals surface area contributed by atoms with Crippen molar-refractivity contribution in [1.29, 1.82) is 0 Å². The minimum Gasteiger partial charge on any atom is -0.480 e. The Morgan fingerprint density at radius 1 is 1.44 bits per heavy atom. The van der Waals surface area contributed by atoms with Crippen molar-refractivity contribution in [2.24, 2.45) is 0 Å². The Labute approximate surface area is 104 Å². The lowest BCUT2D eigenvalue weighted by Crippen LogP contribution is -2.34. The summed E-state index contributed by atoms with van der Waals surface area (Å²) in [4.78, 5) is 12.5. The number of carbonyl (C=O) groups is 1. The van der Waals surface area contributed by atoms with Crippen LogP contribution in [0.25, 0.3) is 0 Å². The van der Waals surface area contributed by atoms with E-state index in [1.54, 1.807) is 6.07 Å². The summed E-state index contributed by atoms with van der Waals surface area (Å²) < 4.78 is 0. The predicted molar refractivity (Wildman–Crippen MR) is 63.1 cm³/mol. The van der Waals surface area contributed by atoms with Gasteiger partial charge in [0.15, 0.2) is 0 Å². The first-order chi connectivity index (χ1) is 7.56. The molecule has 0 saturated heterocycles. The first-order valence-corrected chi connectivity index (χ1v) is 5.73. The SMILES string of the molecule is O=C(O)CN1CCc2c(Cl)cc(Cl)cc2C1. The molecule has 0 aromatic heterocycles. The van der Waals surface area contributed by atoms with Crippen LogP contribution in [0.15, 0.2) is 12.1 Å². The second kappa shape index (κ2) is 4.62. The molecule has 1 heterocycles. The predicted octanol–water partition coefficient (Wildman–Crippen LogP) is 2.44. The fourth-order valence-electron chi connectivity index (χ4n) is 1.99. The molecule has 86 valence electrons. The molecule has 0 saturated carbocycles. The number of aliphatic carboxylic acids is 1. The van der Waals surface area contributed by atoms with Crippen molar-refractivity contribution in [3.8, 4) is 0 Å². The second-order valence-electron chi connectivity index (χ2n) is 3.88. The minimum atomic E-state index is -0.809. The minimum absolute atomic E-state index is 0.0591. The van der Waals surface area contributed by atoms with Gasteiger partial charge in [0.05, 0.1) is 6.54 Å². The fraction of sp³-hybridized carbons (Fsp3) is 0.364. The quantitative estimate of drug-likeness (QED) is 0.887. The van der Waals surface area contributed by atoms with E-state index in [4.69, 9.17) is 28.3 Å². The van der Waals surface area contributed by atoms with Crippen LogP contribution in [0.3, 0.4) is 0 Å². The average Bonchev–Trinajstić information content (AvgIpc) is 2.15. The lowest BCUT2D eigenvalue weighted by molar-refractivity contribution is -0.138. The number of benzene rings is 1. The maximum absolute atomic E-state index is 10.6. The van der Waals surface area contributed by atoms with E-state index < -0.39 is 5.97 Å². The van der Waals surface area contributed by atoms with Gasteiger partial charge in [-0.3, -0.25) is 9.69 Å². The number of carboxylic acids is 1. The molecule has 0 unspecified atom stereocenters. The van der Waals surface area contributed by atoms with E-state index in [0.29, 0.717) is 16.6 Å². The van der Waals surface area contributed by atoms with Crippen LogP contribution in [0.5, 0.6) is 0 Å². The van der Waals surface area contributed by atoms with Crippen molar-refractivity contribution < 1.29 is 9.90 Å². The Bertz CT molecular complexity index is 434. The third-order valence-corrected chi connectivity index (χ3v) is 3.24. The monoisotopic (exact) mass is 259 g/mol. The van der Waals surface area contributed by atoms with Gasteiger partial charge in [0.25, 0.3) is 0 Å². The van der Waals surface area contributed by atoms with Crippen molar-refractivity contribution in [3.05, 3.63) is 33.3 Å². The zero-order chi connectivity index (χ0) is 11.7. The molecule has 0 spiro atoms. The summed E-state index contributed by atoms with van der Waals surface area (Å²) in [6, 6.07) is 3.59. The van der Waals surface area contributed by atoms with Crippen LogP contribution in [0.2, 0.25) is 10.0 Å². The van der Waals surface area contributed by atoms with Gasteiger partial charge >= 0.3 is 5.97 Å². The van der Waals surface area contributed by atoms with Crippen LogP contribution < -0.4 is 0 Å². The van der Waals surface area contributed by atoms with Crippen LogP contribution in [0.1, 0.15) is 11.1 Å². The molecule has 1 aromatic rings. The lowest BCUT2D eigenvalue weighted by atomic mass is 10.00. The van der Waals surface area contributed by atoms with Gasteiger partial charge in [-0.15, -0.1) is 0 Å². The van der Waals surface area contributed by atoms with Crippen molar-refractivity contribution in [2.45, 2.75) is 13.0 Å². The number of hydrogen-bond donors (Lipinski definition) is 1. The Morgan fingerprint density at radius 3 is 2.88 bits per heavy atom. The first-order valence-electron chi connectivity index (χ1n) is 4.97. The van der Waals surface area contributed by atoms with Gasteiger partial charge in [-0.1, -0.05) is 23.2 Å². The molecule has 1 N–H and O–H groups in total. The summed E-state index contributed by atoms with van der Waals surface area (Å²) >= 11 is 12.0. The van der Waals surface area contributed by atoms with E-state index in [-0.39, 0.29) is 6.54 Å². The molecule has 0 aliphatic carbocycles. The zero-order valence-electron chi connectivity index (χ0n) is 8.54.